The average molecular weight is 687 g/mol. The first-order valence-electron chi connectivity index (χ1n) is 19.1. The van der Waals surface area contributed by atoms with Gasteiger partial charge in [0.2, 0.25) is 0 Å². The van der Waals surface area contributed by atoms with Gasteiger partial charge >= 0.3 is 19.8 Å². The predicted molar refractivity (Wildman–Crippen MR) is 193 cm³/mol. The highest BCUT2D eigenvalue weighted by atomic mass is 31.2. The lowest BCUT2D eigenvalue weighted by Gasteiger charge is -2.18. The number of hydrogen-bond acceptors (Lipinski definition) is 6. The Morgan fingerprint density at radius 3 is 1.36 bits per heavy atom. The van der Waals surface area contributed by atoms with Gasteiger partial charge in [-0.3, -0.25) is 14.1 Å². The van der Waals surface area contributed by atoms with E-state index >= 15 is 0 Å². The van der Waals surface area contributed by atoms with Crippen molar-refractivity contribution in [1.29, 1.82) is 0 Å². The predicted octanol–water partition coefficient (Wildman–Crippen LogP) is 11.2. The number of rotatable bonds is 35. The molecule has 0 radical (unpaired) electrons. The van der Waals surface area contributed by atoms with E-state index in [4.69, 9.17) is 19.3 Å². The van der Waals surface area contributed by atoms with E-state index in [0.717, 1.165) is 64.2 Å². The molecule has 0 aliphatic rings. The van der Waals surface area contributed by atoms with Crippen LogP contribution in [-0.2, 0) is 28.2 Å². The summed E-state index contributed by atoms with van der Waals surface area (Å²) in [6.07, 6.45) is 37.6. The van der Waals surface area contributed by atoms with Gasteiger partial charge in [0.1, 0.15) is 6.61 Å². The molecule has 9 heteroatoms. The number of carbonyl (C=O) groups excluding carboxylic acids is 2. The lowest BCUT2D eigenvalue weighted by molar-refractivity contribution is -0.161. The van der Waals surface area contributed by atoms with Crippen molar-refractivity contribution in [3.8, 4) is 0 Å². The van der Waals surface area contributed by atoms with Crippen LogP contribution in [0.5, 0.6) is 0 Å². The van der Waals surface area contributed by atoms with E-state index < -0.39 is 32.5 Å². The topological polar surface area (TPSA) is 119 Å². The van der Waals surface area contributed by atoms with Crippen molar-refractivity contribution in [3.63, 3.8) is 0 Å². The molecule has 0 aromatic carbocycles. The fourth-order valence-electron chi connectivity index (χ4n) is 5.29. The Balaban J connectivity index is 3.94. The van der Waals surface area contributed by atoms with Gasteiger partial charge in [-0.25, -0.2) is 4.57 Å². The zero-order chi connectivity index (χ0) is 34.7. The highest BCUT2D eigenvalue weighted by Crippen LogP contribution is 2.36. The average Bonchev–Trinajstić information content (AvgIpc) is 3.03. The van der Waals surface area contributed by atoms with Crippen LogP contribution in [0.4, 0.5) is 0 Å². The molecule has 8 nitrogen and oxygen atoms in total. The van der Waals surface area contributed by atoms with Gasteiger partial charge in [-0.05, 0) is 57.8 Å². The second-order valence-corrected chi connectivity index (χ2v) is 14.1. The van der Waals surface area contributed by atoms with Gasteiger partial charge in [-0.1, -0.05) is 141 Å². The molecule has 0 amide bonds. The highest BCUT2D eigenvalue weighted by Gasteiger charge is 2.22. The first-order chi connectivity index (χ1) is 22.8. The van der Waals surface area contributed by atoms with Crippen LogP contribution in [0.1, 0.15) is 187 Å². The molecule has 0 bridgehead atoms. The summed E-state index contributed by atoms with van der Waals surface area (Å²) in [5.74, 6) is -0.899. The highest BCUT2D eigenvalue weighted by molar-refractivity contribution is 7.46. The molecular weight excluding hydrogens is 615 g/mol. The first kappa shape index (κ1) is 45.5. The largest absolute Gasteiger partial charge is 0.469 e. The Morgan fingerprint density at radius 1 is 0.532 bits per heavy atom. The third kappa shape index (κ3) is 37.2. The minimum atomic E-state index is -4.75. The molecule has 0 aromatic heterocycles. The maximum Gasteiger partial charge on any atom is 0.469 e. The van der Waals surface area contributed by atoms with Gasteiger partial charge in [0.05, 0.1) is 6.61 Å². The van der Waals surface area contributed by atoms with Crippen molar-refractivity contribution in [1.82, 2.24) is 0 Å². The molecule has 0 heterocycles. The Morgan fingerprint density at radius 2 is 0.915 bits per heavy atom. The van der Waals surface area contributed by atoms with Gasteiger partial charge in [0.15, 0.2) is 6.10 Å². The Hall–Kier alpha value is -1.47. The molecule has 0 spiro atoms. The van der Waals surface area contributed by atoms with E-state index in [1.807, 2.05) is 0 Å². The van der Waals surface area contributed by atoms with Crippen molar-refractivity contribution in [2.75, 3.05) is 13.2 Å². The monoisotopic (exact) mass is 686 g/mol. The lowest BCUT2D eigenvalue weighted by Crippen LogP contribution is -2.29. The summed E-state index contributed by atoms with van der Waals surface area (Å²) >= 11 is 0. The third-order valence-corrected chi connectivity index (χ3v) is 8.68. The fraction of sp³-hybridized carbons (Fsp3) is 0.842. The van der Waals surface area contributed by atoms with Crippen LogP contribution in [-0.4, -0.2) is 41.0 Å². The molecule has 276 valence electrons. The SMILES string of the molecule is CCCC/C=C\CCCCCCCC(=O)OCC(COP(=O)(O)O)OC(=O)CCCCCCCCC/C=C\CCCCCCCCC. The molecule has 0 aromatic rings. The summed E-state index contributed by atoms with van der Waals surface area (Å²) in [5.41, 5.74) is 0. The zero-order valence-corrected chi connectivity index (χ0v) is 31.1. The van der Waals surface area contributed by atoms with Crippen molar-refractivity contribution in [2.45, 2.75) is 193 Å². The van der Waals surface area contributed by atoms with Crippen LogP contribution in [0, 0.1) is 0 Å². The van der Waals surface area contributed by atoms with Crippen molar-refractivity contribution in [2.24, 2.45) is 0 Å². The van der Waals surface area contributed by atoms with E-state index in [1.165, 1.54) is 83.5 Å². The van der Waals surface area contributed by atoms with Crippen molar-refractivity contribution >= 4 is 19.8 Å². The number of phosphoric acid groups is 1. The Bertz CT molecular complexity index is 823. The standard InChI is InChI=1S/C38H71O8P/c1-3-5-7-9-11-13-15-16-17-18-19-20-21-23-25-27-29-31-33-38(40)46-36(35-45-47(41,42)43)34-44-37(39)32-30-28-26-24-22-14-12-10-8-6-4-2/h10,12,17-18,36H,3-9,11,13-16,19-35H2,1-2H3,(H2,41,42,43)/b12-10-,18-17-. The number of hydrogen-bond donors (Lipinski definition) is 2. The second-order valence-electron chi connectivity index (χ2n) is 12.9. The number of ether oxygens (including phenoxy) is 2. The lowest BCUT2D eigenvalue weighted by atomic mass is 10.1. The second kappa shape index (κ2) is 34.4. The Labute approximate surface area is 288 Å². The minimum absolute atomic E-state index is 0.207. The first-order valence-corrected chi connectivity index (χ1v) is 20.7. The maximum atomic E-state index is 12.4. The summed E-state index contributed by atoms with van der Waals surface area (Å²) in [7, 11) is -4.75. The van der Waals surface area contributed by atoms with Gasteiger partial charge in [0, 0.05) is 12.8 Å². The summed E-state index contributed by atoms with van der Waals surface area (Å²) in [6, 6.07) is 0. The number of esters is 2. The summed E-state index contributed by atoms with van der Waals surface area (Å²) in [4.78, 5) is 42.6. The molecule has 1 unspecified atom stereocenters. The van der Waals surface area contributed by atoms with Crippen LogP contribution in [0.25, 0.3) is 0 Å². The van der Waals surface area contributed by atoms with Gasteiger partial charge in [-0.15, -0.1) is 0 Å². The van der Waals surface area contributed by atoms with Gasteiger partial charge in [0.25, 0.3) is 0 Å². The van der Waals surface area contributed by atoms with E-state index in [0.29, 0.717) is 12.8 Å². The maximum absolute atomic E-state index is 12.4. The van der Waals surface area contributed by atoms with Crippen LogP contribution >= 0.6 is 7.82 Å². The van der Waals surface area contributed by atoms with Gasteiger partial charge < -0.3 is 19.3 Å². The third-order valence-electron chi connectivity index (χ3n) is 8.19. The molecule has 0 saturated heterocycles. The summed E-state index contributed by atoms with van der Waals surface area (Å²) < 4.78 is 26.3. The van der Waals surface area contributed by atoms with E-state index in [2.05, 4.69) is 42.7 Å². The zero-order valence-electron chi connectivity index (χ0n) is 30.2. The molecule has 0 fully saturated rings. The number of unbranched alkanes of at least 4 members (excludes halogenated alkanes) is 21. The van der Waals surface area contributed by atoms with E-state index in [1.54, 1.807) is 0 Å². The quantitative estimate of drug-likeness (QED) is 0.0292. The molecular formula is C38H71O8P. The summed E-state index contributed by atoms with van der Waals surface area (Å²) in [6.45, 7) is 3.63. The van der Waals surface area contributed by atoms with E-state index in [9.17, 15) is 14.2 Å². The molecule has 0 saturated carbocycles. The normalized spacial score (nSPS) is 12.7. The molecule has 0 rings (SSSR count). The summed E-state index contributed by atoms with van der Waals surface area (Å²) in [5, 5.41) is 0. The molecule has 0 aliphatic heterocycles. The van der Waals surface area contributed by atoms with Crippen LogP contribution in [0.15, 0.2) is 24.3 Å². The molecule has 2 N–H and O–H groups in total. The van der Waals surface area contributed by atoms with Crippen molar-refractivity contribution < 1.29 is 37.9 Å². The van der Waals surface area contributed by atoms with Crippen molar-refractivity contribution in [3.05, 3.63) is 24.3 Å². The minimum Gasteiger partial charge on any atom is -0.462 e. The van der Waals surface area contributed by atoms with Crippen LogP contribution < -0.4 is 0 Å². The number of phosphoric ester groups is 1. The van der Waals surface area contributed by atoms with E-state index in [-0.39, 0.29) is 19.4 Å². The molecule has 47 heavy (non-hydrogen) atoms. The van der Waals surface area contributed by atoms with Crippen LogP contribution in [0.2, 0.25) is 0 Å². The Kier molecular flexibility index (Phi) is 33.3. The fourth-order valence-corrected chi connectivity index (χ4v) is 5.65. The van der Waals surface area contributed by atoms with Gasteiger partial charge in [-0.2, -0.15) is 0 Å². The van der Waals surface area contributed by atoms with Crippen LogP contribution in [0.3, 0.4) is 0 Å². The molecule has 0 aliphatic carbocycles. The number of allylic oxidation sites excluding steroid dienone is 4. The molecule has 1 atom stereocenters. The smallest absolute Gasteiger partial charge is 0.462 e. The number of carbonyl (C=O) groups is 2.